The van der Waals surface area contributed by atoms with Gasteiger partial charge in [0.25, 0.3) is 0 Å². The number of rotatable bonds is 5. The molecule has 0 spiro atoms. The normalized spacial score (nSPS) is 21.5. The molecule has 4 heteroatoms. The lowest BCUT2D eigenvalue weighted by atomic mass is 9.76. The molecule has 1 aliphatic rings. The zero-order valence-corrected chi connectivity index (χ0v) is 12.0. The average Bonchev–Trinajstić information content (AvgIpc) is 2.83. The maximum absolute atomic E-state index is 5.19. The van der Waals surface area contributed by atoms with Gasteiger partial charge in [0.15, 0.2) is 0 Å². The Labute approximate surface area is 119 Å². The number of nitrogens with zero attached hydrogens (tertiary/aromatic N) is 1. The lowest BCUT2D eigenvalue weighted by Crippen LogP contribution is -2.39. The number of hydrogen-bond acceptors (Lipinski definition) is 3. The minimum absolute atomic E-state index is 0.622. The lowest BCUT2D eigenvalue weighted by Gasteiger charge is -2.36. The molecule has 0 radical (unpaired) electrons. The molecule has 0 aliphatic heterocycles. The van der Waals surface area contributed by atoms with Crippen LogP contribution in [0.4, 0.5) is 0 Å². The summed E-state index contributed by atoms with van der Waals surface area (Å²) in [5.41, 5.74) is 3.84. The summed E-state index contributed by atoms with van der Waals surface area (Å²) in [5, 5.41) is 10.6. The third kappa shape index (κ3) is 2.70. The van der Waals surface area contributed by atoms with Crippen molar-refractivity contribution in [3.05, 3.63) is 47.3 Å². The summed E-state index contributed by atoms with van der Waals surface area (Å²) in [7, 11) is 1.70. The Morgan fingerprint density at radius 3 is 2.65 bits per heavy atom. The highest BCUT2D eigenvalue weighted by Crippen LogP contribution is 2.37. The summed E-state index contributed by atoms with van der Waals surface area (Å²) in [5.74, 6) is 1.61. The second kappa shape index (κ2) is 5.67. The first-order valence-electron chi connectivity index (χ1n) is 7.12. The van der Waals surface area contributed by atoms with Crippen LogP contribution in [0.15, 0.2) is 30.5 Å². The van der Waals surface area contributed by atoms with Gasteiger partial charge in [0.1, 0.15) is 5.75 Å². The Bertz CT molecular complexity index is 555. The van der Waals surface area contributed by atoms with Gasteiger partial charge < -0.3 is 10.1 Å². The summed E-state index contributed by atoms with van der Waals surface area (Å²) >= 11 is 0. The van der Waals surface area contributed by atoms with E-state index in [1.165, 1.54) is 24.0 Å². The molecule has 1 heterocycles. The quantitative estimate of drug-likeness (QED) is 0.879. The fraction of sp³-hybridized carbons (Fsp3) is 0.438. The van der Waals surface area contributed by atoms with E-state index in [1.807, 2.05) is 18.3 Å². The van der Waals surface area contributed by atoms with Crippen LogP contribution in [0.1, 0.15) is 35.6 Å². The zero-order valence-electron chi connectivity index (χ0n) is 12.0. The molecular weight excluding hydrogens is 250 g/mol. The Balaban J connectivity index is 1.47. The molecule has 0 saturated heterocycles. The smallest absolute Gasteiger partial charge is 0.118 e. The summed E-state index contributed by atoms with van der Waals surface area (Å²) in [6, 6.07) is 9.08. The predicted molar refractivity (Wildman–Crippen MR) is 78.9 cm³/mol. The Hall–Kier alpha value is -1.81. The predicted octanol–water partition coefficient (Wildman–Crippen LogP) is 2.76. The van der Waals surface area contributed by atoms with Gasteiger partial charge in [-0.25, -0.2) is 0 Å². The van der Waals surface area contributed by atoms with Crippen LogP contribution in [0, 0.1) is 6.92 Å². The largest absolute Gasteiger partial charge is 0.497 e. The van der Waals surface area contributed by atoms with Crippen molar-refractivity contribution in [3.8, 4) is 5.75 Å². The number of aryl methyl sites for hydroxylation is 1. The maximum Gasteiger partial charge on any atom is 0.118 e. The van der Waals surface area contributed by atoms with Crippen LogP contribution < -0.4 is 10.1 Å². The third-order valence-corrected chi connectivity index (χ3v) is 4.24. The van der Waals surface area contributed by atoms with E-state index in [0.717, 1.165) is 18.0 Å². The van der Waals surface area contributed by atoms with Gasteiger partial charge in [-0.1, -0.05) is 12.1 Å². The second-order valence-corrected chi connectivity index (χ2v) is 5.54. The number of nitrogens with one attached hydrogen (secondary N) is 2. The van der Waals surface area contributed by atoms with Gasteiger partial charge in [0.05, 0.1) is 13.3 Å². The summed E-state index contributed by atoms with van der Waals surface area (Å²) in [4.78, 5) is 0. The molecule has 1 saturated carbocycles. The first-order chi connectivity index (χ1) is 9.76. The highest BCUT2D eigenvalue weighted by Gasteiger charge is 2.29. The van der Waals surface area contributed by atoms with Crippen LogP contribution in [0.25, 0.3) is 0 Å². The van der Waals surface area contributed by atoms with Gasteiger partial charge in [0.2, 0.25) is 0 Å². The molecule has 0 amide bonds. The van der Waals surface area contributed by atoms with Crippen LogP contribution in [-0.4, -0.2) is 23.3 Å². The highest BCUT2D eigenvalue weighted by atomic mass is 16.5. The minimum atomic E-state index is 0.622. The standard InChI is InChI=1S/C16H21N3O/c1-11-14(10-18-19-11)9-17-15-7-13(8-15)12-3-5-16(20-2)6-4-12/h3-6,10,13,15,17H,7-9H2,1-2H3,(H,18,19). The first kappa shape index (κ1) is 13.2. The van der Waals surface area contributed by atoms with Crippen molar-refractivity contribution in [1.82, 2.24) is 15.5 Å². The fourth-order valence-electron chi connectivity index (χ4n) is 2.74. The minimum Gasteiger partial charge on any atom is -0.497 e. The molecule has 4 nitrogen and oxygen atoms in total. The van der Waals surface area contributed by atoms with E-state index in [0.29, 0.717) is 12.0 Å². The molecule has 1 aliphatic carbocycles. The number of benzene rings is 1. The van der Waals surface area contributed by atoms with Crippen LogP contribution in [-0.2, 0) is 6.54 Å². The average molecular weight is 271 g/mol. The van der Waals surface area contributed by atoms with Crippen molar-refractivity contribution in [2.24, 2.45) is 0 Å². The third-order valence-electron chi connectivity index (χ3n) is 4.24. The summed E-state index contributed by atoms with van der Waals surface area (Å²) < 4.78 is 5.19. The van der Waals surface area contributed by atoms with E-state index in [4.69, 9.17) is 4.74 Å². The van der Waals surface area contributed by atoms with Crippen molar-refractivity contribution < 1.29 is 4.74 Å². The van der Waals surface area contributed by atoms with Crippen molar-refractivity contribution in [1.29, 1.82) is 0 Å². The number of hydrogen-bond donors (Lipinski definition) is 2. The van der Waals surface area contributed by atoms with Gasteiger partial charge in [-0.15, -0.1) is 0 Å². The molecule has 2 aromatic rings. The Morgan fingerprint density at radius 2 is 2.05 bits per heavy atom. The van der Waals surface area contributed by atoms with E-state index >= 15 is 0 Å². The van der Waals surface area contributed by atoms with Gasteiger partial charge in [-0.05, 0) is 43.4 Å². The van der Waals surface area contributed by atoms with Crippen molar-refractivity contribution in [3.63, 3.8) is 0 Å². The molecular formula is C16H21N3O. The number of ether oxygens (including phenoxy) is 1. The van der Waals surface area contributed by atoms with Gasteiger partial charge in [-0.3, -0.25) is 5.10 Å². The fourth-order valence-corrected chi connectivity index (χ4v) is 2.74. The molecule has 0 atom stereocenters. The van der Waals surface area contributed by atoms with Gasteiger partial charge in [-0.2, -0.15) is 5.10 Å². The van der Waals surface area contributed by atoms with Crippen molar-refractivity contribution >= 4 is 0 Å². The van der Waals surface area contributed by atoms with Crippen LogP contribution in [0.5, 0.6) is 5.75 Å². The topological polar surface area (TPSA) is 49.9 Å². The molecule has 1 aromatic heterocycles. The molecule has 20 heavy (non-hydrogen) atoms. The van der Waals surface area contributed by atoms with Crippen LogP contribution in [0.3, 0.4) is 0 Å². The number of aromatic nitrogens is 2. The maximum atomic E-state index is 5.19. The molecule has 106 valence electrons. The zero-order chi connectivity index (χ0) is 13.9. The Morgan fingerprint density at radius 1 is 1.30 bits per heavy atom. The van der Waals surface area contributed by atoms with Crippen LogP contribution in [0.2, 0.25) is 0 Å². The summed E-state index contributed by atoms with van der Waals surface area (Å²) in [6.07, 6.45) is 4.33. The van der Waals surface area contributed by atoms with Crippen molar-refractivity contribution in [2.45, 2.75) is 38.3 Å². The molecule has 1 fully saturated rings. The van der Waals surface area contributed by atoms with E-state index in [-0.39, 0.29) is 0 Å². The molecule has 2 N–H and O–H groups in total. The number of methoxy groups -OCH3 is 1. The number of H-pyrrole nitrogens is 1. The van der Waals surface area contributed by atoms with E-state index < -0.39 is 0 Å². The molecule has 0 unspecified atom stereocenters. The SMILES string of the molecule is COc1ccc(C2CC(NCc3cn[nH]c3C)C2)cc1. The Kier molecular flexibility index (Phi) is 3.74. The van der Waals surface area contributed by atoms with E-state index in [1.54, 1.807) is 7.11 Å². The highest BCUT2D eigenvalue weighted by molar-refractivity contribution is 5.31. The number of aromatic amines is 1. The molecule has 0 bridgehead atoms. The first-order valence-corrected chi connectivity index (χ1v) is 7.12. The molecule has 3 rings (SSSR count). The second-order valence-electron chi connectivity index (χ2n) is 5.54. The summed E-state index contributed by atoms with van der Waals surface area (Å²) in [6.45, 7) is 2.97. The lowest BCUT2D eigenvalue weighted by molar-refractivity contribution is 0.289. The van der Waals surface area contributed by atoms with E-state index in [9.17, 15) is 0 Å². The van der Waals surface area contributed by atoms with E-state index in [2.05, 4.69) is 34.6 Å². The van der Waals surface area contributed by atoms with Crippen molar-refractivity contribution in [2.75, 3.05) is 7.11 Å². The van der Waals surface area contributed by atoms with Crippen LogP contribution >= 0.6 is 0 Å². The molecule has 1 aromatic carbocycles. The monoisotopic (exact) mass is 271 g/mol. The van der Waals surface area contributed by atoms with Gasteiger partial charge >= 0.3 is 0 Å². The van der Waals surface area contributed by atoms with Gasteiger partial charge in [0, 0.05) is 23.8 Å².